The third-order valence-corrected chi connectivity index (χ3v) is 5.65. The zero-order valence-electron chi connectivity index (χ0n) is 17.4. The van der Waals surface area contributed by atoms with E-state index in [-0.39, 0.29) is 41.4 Å². The minimum Gasteiger partial charge on any atom is -0.352 e. The standard InChI is InChI=1S/C23H27Cl2FN2O2/c1-4-15(3)27-23(30)21(5-2)28(14-16-9-11-17(24)12-10-16)22(29)13-18-19(25)7-6-8-20(18)26/h6-12,15,21H,4-5,13-14H2,1-3H3,(H,27,30). The predicted molar refractivity (Wildman–Crippen MR) is 119 cm³/mol. The van der Waals surface area contributed by atoms with Gasteiger partial charge in [-0.3, -0.25) is 9.59 Å². The Labute approximate surface area is 187 Å². The van der Waals surface area contributed by atoms with Gasteiger partial charge >= 0.3 is 0 Å². The van der Waals surface area contributed by atoms with Crippen molar-refractivity contribution < 1.29 is 14.0 Å². The molecule has 0 bridgehead atoms. The zero-order chi connectivity index (χ0) is 22.3. The Balaban J connectivity index is 2.34. The molecule has 30 heavy (non-hydrogen) atoms. The molecule has 162 valence electrons. The largest absolute Gasteiger partial charge is 0.352 e. The monoisotopic (exact) mass is 452 g/mol. The first kappa shape index (κ1) is 24.2. The average molecular weight is 453 g/mol. The first-order chi connectivity index (χ1) is 14.3. The Morgan fingerprint density at radius 1 is 1.07 bits per heavy atom. The normalized spacial score (nSPS) is 12.9. The van der Waals surface area contributed by atoms with Crippen LogP contribution in [0.1, 0.15) is 44.7 Å². The highest BCUT2D eigenvalue weighted by Gasteiger charge is 2.30. The number of hydrogen-bond acceptors (Lipinski definition) is 2. The Kier molecular flexibility index (Phi) is 9.12. The van der Waals surface area contributed by atoms with Crippen molar-refractivity contribution in [2.45, 2.75) is 58.7 Å². The summed E-state index contributed by atoms with van der Waals surface area (Å²) in [6, 6.07) is 10.7. The molecule has 7 heteroatoms. The molecule has 0 heterocycles. The van der Waals surface area contributed by atoms with Crippen LogP contribution < -0.4 is 5.32 Å². The zero-order valence-corrected chi connectivity index (χ0v) is 18.9. The van der Waals surface area contributed by atoms with Gasteiger partial charge in [-0.1, -0.05) is 55.2 Å². The van der Waals surface area contributed by atoms with Gasteiger partial charge in [-0.25, -0.2) is 4.39 Å². The molecule has 0 spiro atoms. The maximum Gasteiger partial charge on any atom is 0.243 e. The third-order valence-electron chi connectivity index (χ3n) is 5.04. The molecule has 0 saturated carbocycles. The van der Waals surface area contributed by atoms with E-state index in [0.717, 1.165) is 12.0 Å². The van der Waals surface area contributed by atoms with Crippen molar-refractivity contribution in [2.24, 2.45) is 0 Å². The van der Waals surface area contributed by atoms with Crippen LogP contribution in [0.2, 0.25) is 10.0 Å². The van der Waals surface area contributed by atoms with Crippen molar-refractivity contribution in [3.8, 4) is 0 Å². The van der Waals surface area contributed by atoms with Crippen LogP contribution in [-0.4, -0.2) is 28.8 Å². The Morgan fingerprint density at radius 3 is 2.30 bits per heavy atom. The molecular formula is C23H27Cl2FN2O2. The van der Waals surface area contributed by atoms with E-state index < -0.39 is 11.9 Å². The van der Waals surface area contributed by atoms with Crippen LogP contribution in [0.4, 0.5) is 4.39 Å². The number of halogens is 3. The maximum atomic E-state index is 14.3. The van der Waals surface area contributed by atoms with E-state index in [4.69, 9.17) is 23.2 Å². The molecule has 2 rings (SSSR count). The molecular weight excluding hydrogens is 426 g/mol. The molecule has 0 radical (unpaired) electrons. The van der Waals surface area contributed by atoms with Crippen molar-refractivity contribution in [3.05, 3.63) is 69.5 Å². The quantitative estimate of drug-likeness (QED) is 0.553. The summed E-state index contributed by atoms with van der Waals surface area (Å²) in [5.41, 5.74) is 0.949. The highest BCUT2D eigenvalue weighted by Crippen LogP contribution is 2.22. The number of amides is 2. The summed E-state index contributed by atoms with van der Waals surface area (Å²) in [4.78, 5) is 27.6. The highest BCUT2D eigenvalue weighted by atomic mass is 35.5. The minimum atomic E-state index is -0.687. The summed E-state index contributed by atoms with van der Waals surface area (Å²) < 4.78 is 14.3. The van der Waals surface area contributed by atoms with E-state index in [1.54, 1.807) is 30.3 Å². The number of benzene rings is 2. The van der Waals surface area contributed by atoms with Crippen LogP contribution in [0.25, 0.3) is 0 Å². The number of carbonyl (C=O) groups excluding carboxylic acids is 2. The van der Waals surface area contributed by atoms with E-state index in [1.807, 2.05) is 20.8 Å². The number of nitrogens with one attached hydrogen (secondary N) is 1. The smallest absolute Gasteiger partial charge is 0.243 e. The lowest BCUT2D eigenvalue weighted by atomic mass is 10.1. The second-order valence-corrected chi connectivity index (χ2v) is 8.11. The van der Waals surface area contributed by atoms with Gasteiger partial charge in [0.05, 0.1) is 6.42 Å². The Hall–Kier alpha value is -2.11. The molecule has 0 aliphatic carbocycles. The van der Waals surface area contributed by atoms with Gasteiger partial charge < -0.3 is 10.2 Å². The third kappa shape index (κ3) is 6.44. The van der Waals surface area contributed by atoms with E-state index in [1.165, 1.54) is 17.0 Å². The fourth-order valence-electron chi connectivity index (χ4n) is 3.10. The average Bonchev–Trinajstić information content (AvgIpc) is 2.71. The summed E-state index contributed by atoms with van der Waals surface area (Å²) >= 11 is 12.1. The van der Waals surface area contributed by atoms with Crippen LogP contribution >= 0.6 is 23.2 Å². The van der Waals surface area contributed by atoms with Crippen molar-refractivity contribution >= 4 is 35.0 Å². The first-order valence-corrected chi connectivity index (χ1v) is 10.8. The lowest BCUT2D eigenvalue weighted by molar-refractivity contribution is -0.141. The molecule has 2 aromatic rings. The summed E-state index contributed by atoms with van der Waals surface area (Å²) in [7, 11) is 0. The maximum absolute atomic E-state index is 14.3. The van der Waals surface area contributed by atoms with Gasteiger partial charge in [0.1, 0.15) is 11.9 Å². The molecule has 0 fully saturated rings. The minimum absolute atomic E-state index is 0.0138. The Bertz CT molecular complexity index is 854. The van der Waals surface area contributed by atoms with Gasteiger partial charge in [-0.15, -0.1) is 0 Å². The van der Waals surface area contributed by atoms with E-state index in [2.05, 4.69) is 5.32 Å². The molecule has 2 atom stereocenters. The fourth-order valence-corrected chi connectivity index (χ4v) is 3.46. The molecule has 2 unspecified atom stereocenters. The van der Waals surface area contributed by atoms with Crippen molar-refractivity contribution in [1.82, 2.24) is 10.2 Å². The van der Waals surface area contributed by atoms with Crippen LogP contribution in [0.3, 0.4) is 0 Å². The van der Waals surface area contributed by atoms with Crippen LogP contribution in [0.5, 0.6) is 0 Å². The van der Waals surface area contributed by atoms with Crippen LogP contribution in [0.15, 0.2) is 42.5 Å². The van der Waals surface area contributed by atoms with Gasteiger partial charge in [-0.05, 0) is 49.6 Å². The van der Waals surface area contributed by atoms with Crippen molar-refractivity contribution in [3.63, 3.8) is 0 Å². The summed E-state index contributed by atoms with van der Waals surface area (Å²) in [5, 5.41) is 3.71. The van der Waals surface area contributed by atoms with Crippen molar-refractivity contribution in [2.75, 3.05) is 0 Å². The molecule has 0 aromatic heterocycles. The summed E-state index contributed by atoms with van der Waals surface area (Å²) in [6.45, 7) is 5.94. The van der Waals surface area contributed by atoms with E-state index in [0.29, 0.717) is 11.4 Å². The summed E-state index contributed by atoms with van der Waals surface area (Å²) in [6.07, 6.45) is 0.969. The predicted octanol–water partition coefficient (Wildman–Crippen LogP) is 5.40. The number of rotatable bonds is 9. The second kappa shape index (κ2) is 11.3. The van der Waals surface area contributed by atoms with Gasteiger partial charge in [0.2, 0.25) is 11.8 Å². The Morgan fingerprint density at radius 2 is 1.73 bits per heavy atom. The van der Waals surface area contributed by atoms with Gasteiger partial charge in [-0.2, -0.15) is 0 Å². The molecule has 0 saturated heterocycles. The number of carbonyl (C=O) groups is 2. The molecule has 0 aliphatic rings. The lowest BCUT2D eigenvalue weighted by Crippen LogP contribution is -2.51. The number of nitrogens with zero attached hydrogens (tertiary/aromatic N) is 1. The summed E-state index contributed by atoms with van der Waals surface area (Å²) in [5.74, 6) is -1.14. The topological polar surface area (TPSA) is 49.4 Å². The van der Waals surface area contributed by atoms with Gasteiger partial charge in [0.15, 0.2) is 0 Å². The van der Waals surface area contributed by atoms with Crippen LogP contribution in [-0.2, 0) is 22.6 Å². The van der Waals surface area contributed by atoms with E-state index in [9.17, 15) is 14.0 Å². The fraction of sp³-hybridized carbons (Fsp3) is 0.391. The number of hydrogen-bond donors (Lipinski definition) is 1. The van der Waals surface area contributed by atoms with E-state index >= 15 is 0 Å². The molecule has 1 N–H and O–H groups in total. The molecule has 0 aliphatic heterocycles. The SMILES string of the molecule is CCC(C)NC(=O)C(CC)N(Cc1ccc(Cl)cc1)C(=O)Cc1c(F)cccc1Cl. The molecule has 2 amide bonds. The van der Waals surface area contributed by atoms with Gasteiger partial charge in [0, 0.05) is 28.2 Å². The lowest BCUT2D eigenvalue weighted by Gasteiger charge is -2.31. The molecule has 2 aromatic carbocycles. The van der Waals surface area contributed by atoms with Gasteiger partial charge in [0.25, 0.3) is 0 Å². The molecule has 4 nitrogen and oxygen atoms in total. The second-order valence-electron chi connectivity index (χ2n) is 7.27. The van der Waals surface area contributed by atoms with Crippen molar-refractivity contribution in [1.29, 1.82) is 0 Å². The van der Waals surface area contributed by atoms with Crippen LogP contribution in [0, 0.1) is 5.82 Å². The first-order valence-electron chi connectivity index (χ1n) is 10.0. The highest BCUT2D eigenvalue weighted by molar-refractivity contribution is 6.31.